The van der Waals surface area contributed by atoms with Crippen molar-refractivity contribution in [3.8, 4) is 0 Å². The van der Waals surface area contributed by atoms with Crippen LogP contribution >= 0.6 is 0 Å². The molecule has 4 heteroatoms. The van der Waals surface area contributed by atoms with Crippen LogP contribution in [0.3, 0.4) is 0 Å². The minimum absolute atomic E-state index is 0. The predicted molar refractivity (Wildman–Crippen MR) is 102 cm³/mol. The number of halogens is 1. The van der Waals surface area contributed by atoms with Gasteiger partial charge in [0.15, 0.2) is 0 Å². The molecule has 0 aliphatic heterocycles. The maximum Gasteiger partial charge on any atom is 0.104 e. The van der Waals surface area contributed by atoms with E-state index >= 15 is 0 Å². The van der Waals surface area contributed by atoms with Gasteiger partial charge in [-0.3, -0.25) is 0 Å². The molecule has 0 heterocycles. The van der Waals surface area contributed by atoms with Crippen molar-refractivity contribution < 1.29 is 27.1 Å². The second-order valence-electron chi connectivity index (χ2n) is 7.08. The fraction of sp³-hybridized carbons (Fsp3) is 0.714. The molecular weight excluding hydrogens is 334 g/mol. The molecule has 1 aromatic carbocycles. The van der Waals surface area contributed by atoms with E-state index < -0.39 is 0 Å². The summed E-state index contributed by atoms with van der Waals surface area (Å²) in [5.41, 5.74) is 1.29. The van der Waals surface area contributed by atoms with E-state index in [9.17, 15) is 10.2 Å². The first-order valence-corrected chi connectivity index (χ1v) is 9.87. The zero-order valence-corrected chi connectivity index (χ0v) is 16.8. The summed E-state index contributed by atoms with van der Waals surface area (Å²) in [6.45, 7) is 6.03. The number of aliphatic hydroxyl groups is 2. The molecule has 25 heavy (non-hydrogen) atoms. The third-order valence-corrected chi connectivity index (χ3v) is 5.00. The third kappa shape index (κ3) is 10.9. The van der Waals surface area contributed by atoms with Crippen LogP contribution < -0.4 is 12.4 Å². The van der Waals surface area contributed by atoms with Gasteiger partial charge in [-0.2, -0.15) is 0 Å². The topological polar surface area (TPSA) is 40.5 Å². The molecule has 1 rings (SSSR count). The smallest absolute Gasteiger partial charge is 0.104 e. The molecule has 0 aromatic heterocycles. The largest absolute Gasteiger partial charge is 1.00 e. The standard InChI is InChI=1S/C21H38NO2.ClH/c1-2-3-4-5-6-7-8-12-15-22(16-18-23,17-19-24)20-21-13-10-9-11-14-21;/h9-11,13-14,23-24H,2-8,12,15-20H2,1H3;1H/q+1;/p-1. The normalized spacial score (nSPS) is 11.3. The summed E-state index contributed by atoms with van der Waals surface area (Å²) in [5.74, 6) is 0. The summed E-state index contributed by atoms with van der Waals surface area (Å²) in [7, 11) is 0. The average Bonchev–Trinajstić information content (AvgIpc) is 2.59. The van der Waals surface area contributed by atoms with Gasteiger partial charge in [0.1, 0.15) is 19.6 Å². The van der Waals surface area contributed by atoms with Gasteiger partial charge in [0, 0.05) is 5.56 Å². The van der Waals surface area contributed by atoms with Gasteiger partial charge >= 0.3 is 0 Å². The van der Waals surface area contributed by atoms with E-state index in [1.54, 1.807) is 0 Å². The van der Waals surface area contributed by atoms with Crippen molar-refractivity contribution in [1.29, 1.82) is 0 Å². The number of hydrogen-bond donors (Lipinski definition) is 2. The summed E-state index contributed by atoms with van der Waals surface area (Å²) in [6.07, 6.45) is 10.5. The van der Waals surface area contributed by atoms with E-state index in [0.29, 0.717) is 0 Å². The number of aliphatic hydroxyl groups excluding tert-OH is 2. The lowest BCUT2D eigenvalue weighted by Gasteiger charge is -2.38. The lowest BCUT2D eigenvalue weighted by Crippen LogP contribution is -3.00. The molecule has 0 saturated heterocycles. The van der Waals surface area contributed by atoms with Crippen LogP contribution in [0.4, 0.5) is 0 Å². The van der Waals surface area contributed by atoms with Gasteiger partial charge in [0.05, 0.1) is 19.8 Å². The minimum atomic E-state index is 0. The highest BCUT2D eigenvalue weighted by Crippen LogP contribution is 2.17. The van der Waals surface area contributed by atoms with Crippen LogP contribution in [0.25, 0.3) is 0 Å². The number of rotatable bonds is 15. The van der Waals surface area contributed by atoms with E-state index in [0.717, 1.165) is 30.7 Å². The highest BCUT2D eigenvalue weighted by atomic mass is 35.5. The lowest BCUT2D eigenvalue weighted by atomic mass is 10.1. The molecular formula is C21H38ClNO2. The van der Waals surface area contributed by atoms with Crippen molar-refractivity contribution in [3.63, 3.8) is 0 Å². The second kappa shape index (κ2) is 15.6. The van der Waals surface area contributed by atoms with Gasteiger partial charge in [0.25, 0.3) is 0 Å². The summed E-state index contributed by atoms with van der Waals surface area (Å²) >= 11 is 0. The molecule has 0 atom stereocenters. The Kier molecular flexibility index (Phi) is 15.2. The van der Waals surface area contributed by atoms with Gasteiger partial charge < -0.3 is 27.1 Å². The number of benzene rings is 1. The van der Waals surface area contributed by atoms with Crippen LogP contribution in [0.1, 0.15) is 63.9 Å². The highest BCUT2D eigenvalue weighted by Gasteiger charge is 2.26. The molecule has 0 unspecified atom stereocenters. The van der Waals surface area contributed by atoms with Crippen LogP contribution in [-0.4, -0.2) is 47.5 Å². The third-order valence-electron chi connectivity index (χ3n) is 5.00. The zero-order chi connectivity index (χ0) is 17.5. The Morgan fingerprint density at radius 1 is 0.720 bits per heavy atom. The number of nitrogens with zero attached hydrogens (tertiary/aromatic N) is 1. The van der Waals surface area contributed by atoms with E-state index in [-0.39, 0.29) is 25.6 Å². The second-order valence-corrected chi connectivity index (χ2v) is 7.08. The molecule has 3 nitrogen and oxygen atoms in total. The van der Waals surface area contributed by atoms with Crippen LogP contribution in [0, 0.1) is 0 Å². The maximum atomic E-state index is 9.53. The van der Waals surface area contributed by atoms with Crippen LogP contribution in [0.5, 0.6) is 0 Å². The Hall–Kier alpha value is -0.610. The molecule has 0 aliphatic carbocycles. The van der Waals surface area contributed by atoms with E-state index in [2.05, 4.69) is 31.2 Å². The fourth-order valence-corrected chi connectivity index (χ4v) is 3.55. The van der Waals surface area contributed by atoms with Gasteiger partial charge in [-0.05, 0) is 12.8 Å². The maximum absolute atomic E-state index is 9.53. The number of hydrogen-bond acceptors (Lipinski definition) is 2. The van der Waals surface area contributed by atoms with Crippen molar-refractivity contribution >= 4 is 0 Å². The van der Waals surface area contributed by atoms with Crippen LogP contribution in [0.15, 0.2) is 30.3 Å². The monoisotopic (exact) mass is 371 g/mol. The lowest BCUT2D eigenvalue weighted by molar-refractivity contribution is -0.941. The van der Waals surface area contributed by atoms with Crippen LogP contribution in [-0.2, 0) is 6.54 Å². The average molecular weight is 372 g/mol. The summed E-state index contributed by atoms with van der Waals surface area (Å²) in [5, 5.41) is 19.1. The quantitative estimate of drug-likeness (QED) is 0.358. The summed E-state index contributed by atoms with van der Waals surface area (Å²) < 4.78 is 0.798. The van der Waals surface area contributed by atoms with E-state index in [4.69, 9.17) is 0 Å². The molecule has 0 bridgehead atoms. The molecule has 1 aromatic rings. The highest BCUT2D eigenvalue weighted by molar-refractivity contribution is 5.13. The Morgan fingerprint density at radius 3 is 1.76 bits per heavy atom. The van der Waals surface area contributed by atoms with Crippen molar-refractivity contribution in [1.82, 2.24) is 0 Å². The SMILES string of the molecule is CCCCCCCCCC[N+](CCO)(CCO)Cc1ccccc1.[Cl-]. The van der Waals surface area contributed by atoms with Crippen molar-refractivity contribution in [2.24, 2.45) is 0 Å². The Balaban J connectivity index is 0.00000576. The molecule has 2 N–H and O–H groups in total. The number of unbranched alkanes of at least 4 members (excludes halogenated alkanes) is 7. The van der Waals surface area contributed by atoms with Gasteiger partial charge in [-0.25, -0.2) is 0 Å². The molecule has 0 saturated carbocycles. The van der Waals surface area contributed by atoms with Gasteiger partial charge in [0.2, 0.25) is 0 Å². The Bertz CT molecular complexity index is 394. The summed E-state index contributed by atoms with van der Waals surface area (Å²) in [4.78, 5) is 0. The molecule has 146 valence electrons. The van der Waals surface area contributed by atoms with E-state index in [1.165, 1.54) is 56.9 Å². The molecule has 0 fully saturated rings. The van der Waals surface area contributed by atoms with E-state index in [1.807, 2.05) is 6.07 Å². The van der Waals surface area contributed by atoms with Gasteiger partial charge in [-0.15, -0.1) is 0 Å². The molecule has 0 radical (unpaired) electrons. The first-order chi connectivity index (χ1) is 11.8. The Morgan fingerprint density at radius 2 is 1.24 bits per heavy atom. The zero-order valence-electron chi connectivity index (χ0n) is 16.0. The fourth-order valence-electron chi connectivity index (χ4n) is 3.55. The molecule has 0 aliphatic rings. The summed E-state index contributed by atoms with van der Waals surface area (Å²) in [6, 6.07) is 10.5. The first kappa shape index (κ1) is 24.4. The van der Waals surface area contributed by atoms with Crippen molar-refractivity contribution in [2.75, 3.05) is 32.8 Å². The van der Waals surface area contributed by atoms with Crippen molar-refractivity contribution in [2.45, 2.75) is 64.8 Å². The Labute approximate surface area is 161 Å². The molecule has 0 spiro atoms. The number of quaternary nitrogens is 1. The van der Waals surface area contributed by atoms with Crippen molar-refractivity contribution in [3.05, 3.63) is 35.9 Å². The first-order valence-electron chi connectivity index (χ1n) is 9.87. The minimum Gasteiger partial charge on any atom is -1.00 e. The van der Waals surface area contributed by atoms with Crippen LogP contribution in [0.2, 0.25) is 0 Å². The molecule has 0 amide bonds. The van der Waals surface area contributed by atoms with Gasteiger partial charge in [-0.1, -0.05) is 75.8 Å². The predicted octanol–water partition coefficient (Wildman–Crippen LogP) is 1.13.